The zero-order valence-corrected chi connectivity index (χ0v) is 14.7. The van der Waals surface area contributed by atoms with Crippen molar-refractivity contribution in [1.29, 1.82) is 0 Å². The molecule has 0 bridgehead atoms. The second-order valence-corrected chi connectivity index (χ2v) is 8.42. The van der Waals surface area contributed by atoms with Gasteiger partial charge in [0.2, 0.25) is 0 Å². The predicted octanol–water partition coefficient (Wildman–Crippen LogP) is 2.25. The Hall–Kier alpha value is -2.12. The van der Waals surface area contributed by atoms with Gasteiger partial charge in [-0.15, -0.1) is 0 Å². The van der Waals surface area contributed by atoms with Gasteiger partial charge in [0.15, 0.2) is 15.6 Å². The number of hydrogen-bond donors (Lipinski definition) is 2. The lowest BCUT2D eigenvalue weighted by molar-refractivity contribution is 0.0896. The van der Waals surface area contributed by atoms with Gasteiger partial charge in [-0.2, -0.15) is 0 Å². The van der Waals surface area contributed by atoms with Gasteiger partial charge in [0.25, 0.3) is 5.91 Å². The van der Waals surface area contributed by atoms with E-state index in [2.05, 4.69) is 5.32 Å². The van der Waals surface area contributed by atoms with Gasteiger partial charge in [0.1, 0.15) is 0 Å². The maximum absolute atomic E-state index is 12.5. The molecule has 1 fully saturated rings. The first-order valence-corrected chi connectivity index (χ1v) is 10.0. The predicted molar refractivity (Wildman–Crippen MR) is 93.7 cm³/mol. The molecule has 1 heterocycles. The van der Waals surface area contributed by atoms with Crippen molar-refractivity contribution in [1.82, 2.24) is 5.32 Å². The maximum Gasteiger partial charge on any atom is 0.287 e. The molecule has 0 saturated heterocycles. The van der Waals surface area contributed by atoms with Crippen LogP contribution in [0.4, 0.5) is 0 Å². The molecule has 134 valence electrons. The summed E-state index contributed by atoms with van der Waals surface area (Å²) in [7, 11) is -3.54. The SMILES string of the molecule is NC1CCC(NC(=O)c2occc2CS(=O)(=O)c2ccccc2)CC1. The van der Waals surface area contributed by atoms with Crippen LogP contribution < -0.4 is 11.1 Å². The van der Waals surface area contributed by atoms with Gasteiger partial charge in [0, 0.05) is 17.6 Å². The third-order valence-electron chi connectivity index (χ3n) is 4.51. The van der Waals surface area contributed by atoms with E-state index in [1.165, 1.54) is 12.3 Å². The Balaban J connectivity index is 1.71. The van der Waals surface area contributed by atoms with Crippen molar-refractivity contribution in [2.24, 2.45) is 5.73 Å². The van der Waals surface area contributed by atoms with Gasteiger partial charge in [-0.05, 0) is 43.9 Å². The lowest BCUT2D eigenvalue weighted by Gasteiger charge is -2.26. The van der Waals surface area contributed by atoms with Crippen molar-refractivity contribution < 1.29 is 17.6 Å². The van der Waals surface area contributed by atoms with Gasteiger partial charge in [0.05, 0.1) is 16.9 Å². The molecule has 3 N–H and O–H groups in total. The highest BCUT2D eigenvalue weighted by atomic mass is 32.2. The number of benzene rings is 1. The van der Waals surface area contributed by atoms with Crippen molar-refractivity contribution >= 4 is 15.7 Å². The van der Waals surface area contributed by atoms with Crippen LogP contribution in [0.2, 0.25) is 0 Å². The van der Waals surface area contributed by atoms with Crippen molar-refractivity contribution in [3.05, 3.63) is 54.0 Å². The van der Waals surface area contributed by atoms with E-state index in [9.17, 15) is 13.2 Å². The van der Waals surface area contributed by atoms with Crippen LogP contribution in [0.5, 0.6) is 0 Å². The first-order valence-electron chi connectivity index (χ1n) is 8.36. The van der Waals surface area contributed by atoms with E-state index >= 15 is 0 Å². The standard InChI is InChI=1S/C18H22N2O4S/c19-14-6-8-15(9-7-14)20-18(21)17-13(10-11-24-17)12-25(22,23)16-4-2-1-3-5-16/h1-5,10-11,14-15H,6-9,12,19H2,(H,20,21). The normalized spacial score (nSPS) is 21.0. The minimum absolute atomic E-state index is 0.0518. The first kappa shape index (κ1) is 17.7. The van der Waals surface area contributed by atoms with Crippen molar-refractivity contribution in [2.75, 3.05) is 0 Å². The Morgan fingerprint density at radius 3 is 2.48 bits per heavy atom. The molecule has 1 aliphatic rings. The Labute approximate surface area is 147 Å². The lowest BCUT2D eigenvalue weighted by atomic mass is 9.92. The molecule has 1 saturated carbocycles. The number of hydrogen-bond acceptors (Lipinski definition) is 5. The number of sulfone groups is 1. The monoisotopic (exact) mass is 362 g/mol. The van der Waals surface area contributed by atoms with E-state index in [4.69, 9.17) is 10.2 Å². The largest absolute Gasteiger partial charge is 0.459 e. The number of furan rings is 1. The Kier molecular flexibility index (Phi) is 5.24. The summed E-state index contributed by atoms with van der Waals surface area (Å²) in [6.07, 6.45) is 4.74. The van der Waals surface area contributed by atoms with Crippen LogP contribution in [0, 0.1) is 0 Å². The summed E-state index contributed by atoms with van der Waals surface area (Å²) in [5.74, 6) is -0.579. The van der Waals surface area contributed by atoms with E-state index in [1.807, 2.05) is 0 Å². The summed E-state index contributed by atoms with van der Waals surface area (Å²) in [4.78, 5) is 12.7. The van der Waals surface area contributed by atoms with Crippen LogP contribution >= 0.6 is 0 Å². The highest BCUT2D eigenvalue weighted by Crippen LogP contribution is 2.21. The number of rotatable bonds is 5. The highest BCUT2D eigenvalue weighted by Gasteiger charge is 2.25. The molecule has 3 rings (SSSR count). The minimum atomic E-state index is -3.54. The number of nitrogens with one attached hydrogen (secondary N) is 1. The summed E-state index contributed by atoms with van der Waals surface area (Å²) in [6, 6.07) is 9.96. The Morgan fingerprint density at radius 2 is 1.80 bits per heavy atom. The Morgan fingerprint density at radius 1 is 1.12 bits per heavy atom. The number of nitrogens with two attached hydrogens (primary N) is 1. The molecular formula is C18H22N2O4S. The van der Waals surface area contributed by atoms with Crippen LogP contribution in [0.25, 0.3) is 0 Å². The third-order valence-corrected chi connectivity index (χ3v) is 6.19. The summed E-state index contributed by atoms with van der Waals surface area (Å²) in [5, 5.41) is 2.92. The van der Waals surface area contributed by atoms with Gasteiger partial charge < -0.3 is 15.5 Å². The second-order valence-electron chi connectivity index (χ2n) is 6.43. The average Bonchev–Trinajstić information content (AvgIpc) is 3.05. The lowest BCUT2D eigenvalue weighted by Crippen LogP contribution is -2.40. The zero-order valence-electron chi connectivity index (χ0n) is 13.9. The van der Waals surface area contributed by atoms with Crippen molar-refractivity contribution in [2.45, 2.75) is 48.4 Å². The van der Waals surface area contributed by atoms with E-state index in [0.717, 1.165) is 25.7 Å². The molecule has 25 heavy (non-hydrogen) atoms. The molecule has 1 amide bonds. The van der Waals surface area contributed by atoms with Gasteiger partial charge in [-0.25, -0.2) is 8.42 Å². The van der Waals surface area contributed by atoms with Crippen molar-refractivity contribution in [3.8, 4) is 0 Å². The second kappa shape index (κ2) is 7.41. The van der Waals surface area contributed by atoms with Crippen LogP contribution in [-0.2, 0) is 15.6 Å². The molecule has 1 aromatic carbocycles. The summed E-state index contributed by atoms with van der Waals surface area (Å²) >= 11 is 0. The third kappa shape index (κ3) is 4.29. The van der Waals surface area contributed by atoms with Crippen molar-refractivity contribution in [3.63, 3.8) is 0 Å². The summed E-state index contributed by atoms with van der Waals surface area (Å²) < 4.78 is 30.3. The van der Waals surface area contributed by atoms with Gasteiger partial charge >= 0.3 is 0 Å². The molecule has 0 radical (unpaired) electrons. The highest BCUT2D eigenvalue weighted by molar-refractivity contribution is 7.90. The first-order chi connectivity index (χ1) is 12.0. The van der Waals surface area contributed by atoms with E-state index in [-0.39, 0.29) is 34.4 Å². The van der Waals surface area contributed by atoms with E-state index < -0.39 is 9.84 Å². The smallest absolute Gasteiger partial charge is 0.287 e. The Bertz CT molecular complexity index is 822. The van der Waals surface area contributed by atoms with Crippen LogP contribution in [0.15, 0.2) is 52.0 Å². The molecule has 7 heteroatoms. The van der Waals surface area contributed by atoms with Crippen LogP contribution in [0.1, 0.15) is 41.8 Å². The average molecular weight is 362 g/mol. The molecule has 0 unspecified atom stereocenters. The summed E-state index contributed by atoms with van der Waals surface area (Å²) in [6.45, 7) is 0. The van der Waals surface area contributed by atoms with Crippen LogP contribution in [-0.4, -0.2) is 26.4 Å². The minimum Gasteiger partial charge on any atom is -0.459 e. The number of carbonyl (C=O) groups is 1. The maximum atomic E-state index is 12.5. The van der Waals surface area contributed by atoms with Gasteiger partial charge in [-0.1, -0.05) is 18.2 Å². The van der Waals surface area contributed by atoms with Crippen LogP contribution in [0.3, 0.4) is 0 Å². The fourth-order valence-electron chi connectivity index (χ4n) is 3.08. The molecule has 1 aromatic heterocycles. The molecule has 0 aliphatic heterocycles. The van der Waals surface area contributed by atoms with Gasteiger partial charge in [-0.3, -0.25) is 4.79 Å². The molecule has 0 atom stereocenters. The quantitative estimate of drug-likeness (QED) is 0.849. The topological polar surface area (TPSA) is 102 Å². The molecular weight excluding hydrogens is 340 g/mol. The number of amides is 1. The van der Waals surface area contributed by atoms with E-state index in [0.29, 0.717) is 5.56 Å². The zero-order chi connectivity index (χ0) is 17.9. The molecule has 6 nitrogen and oxygen atoms in total. The van der Waals surface area contributed by atoms with E-state index in [1.54, 1.807) is 30.3 Å². The number of carbonyl (C=O) groups excluding carboxylic acids is 1. The fourth-order valence-corrected chi connectivity index (χ4v) is 4.45. The summed E-state index contributed by atoms with van der Waals surface area (Å²) in [5.41, 5.74) is 6.24. The molecule has 1 aliphatic carbocycles. The fraction of sp³-hybridized carbons (Fsp3) is 0.389. The molecule has 0 spiro atoms. The molecule has 2 aromatic rings.